The van der Waals surface area contributed by atoms with E-state index in [1.807, 2.05) is 6.07 Å². The third-order valence-corrected chi connectivity index (χ3v) is 4.48. The van der Waals surface area contributed by atoms with Gasteiger partial charge in [0.25, 0.3) is 0 Å². The molecule has 0 atom stereocenters. The second-order valence-corrected chi connectivity index (χ2v) is 5.10. The maximum atomic E-state index is 11.7. The maximum absolute atomic E-state index is 11.7. The fourth-order valence-corrected chi connectivity index (χ4v) is 3.40. The molecule has 1 aromatic rings. The zero-order valence-corrected chi connectivity index (χ0v) is 8.48. The first-order valence-corrected chi connectivity index (χ1v) is 5.93. The van der Waals surface area contributed by atoms with Crippen molar-refractivity contribution in [2.45, 2.75) is 4.90 Å². The van der Waals surface area contributed by atoms with Gasteiger partial charge in [0.15, 0.2) is 0 Å². The molecule has 4 heteroatoms. The van der Waals surface area contributed by atoms with Crippen LogP contribution in [0.3, 0.4) is 0 Å². The van der Waals surface area contributed by atoms with E-state index in [1.54, 1.807) is 24.3 Å². The van der Waals surface area contributed by atoms with Gasteiger partial charge in [-0.15, -0.1) is 0 Å². The van der Waals surface area contributed by atoms with Gasteiger partial charge in [-0.2, -0.15) is 12.6 Å². The summed E-state index contributed by atoms with van der Waals surface area (Å²) in [5.41, 5.74) is 0.770. The minimum atomic E-state index is -3.21. The van der Waals surface area contributed by atoms with E-state index in [1.165, 1.54) is 0 Å². The van der Waals surface area contributed by atoms with Gasteiger partial charge in [0, 0.05) is 5.75 Å². The minimum Gasteiger partial charge on any atom is -0.219 e. The number of fused-ring (bicyclic) bond motifs is 1. The van der Waals surface area contributed by atoms with Crippen molar-refractivity contribution in [2.24, 2.45) is 0 Å². The first-order chi connectivity index (χ1) is 6.16. The van der Waals surface area contributed by atoms with Crippen LogP contribution >= 0.6 is 12.6 Å². The van der Waals surface area contributed by atoms with E-state index in [2.05, 4.69) is 12.6 Å². The van der Waals surface area contributed by atoms with Gasteiger partial charge in [0.2, 0.25) is 9.84 Å². The van der Waals surface area contributed by atoms with Crippen LogP contribution in [-0.2, 0) is 9.84 Å². The molecule has 1 aromatic carbocycles. The Labute approximate surface area is 82.6 Å². The highest BCUT2D eigenvalue weighted by atomic mass is 32.2. The summed E-state index contributed by atoms with van der Waals surface area (Å²) in [6.07, 6.45) is 1.68. The number of sulfone groups is 1. The molecule has 0 saturated carbocycles. The van der Waals surface area contributed by atoms with Gasteiger partial charge in [-0.3, -0.25) is 0 Å². The van der Waals surface area contributed by atoms with E-state index >= 15 is 0 Å². The van der Waals surface area contributed by atoms with Crippen molar-refractivity contribution in [3.05, 3.63) is 34.7 Å². The Kier molecular flexibility index (Phi) is 1.96. The highest BCUT2D eigenvalue weighted by Gasteiger charge is 2.27. The summed E-state index contributed by atoms with van der Waals surface area (Å²) in [7, 11) is -3.21. The van der Waals surface area contributed by atoms with Crippen LogP contribution in [-0.4, -0.2) is 14.2 Å². The van der Waals surface area contributed by atoms with Crippen LogP contribution in [0.25, 0.3) is 6.08 Å². The first-order valence-electron chi connectivity index (χ1n) is 3.82. The Hall–Kier alpha value is -0.740. The van der Waals surface area contributed by atoms with Crippen molar-refractivity contribution < 1.29 is 8.42 Å². The molecule has 68 valence electrons. The molecule has 1 aliphatic heterocycles. The minimum absolute atomic E-state index is 0.261. The van der Waals surface area contributed by atoms with Gasteiger partial charge < -0.3 is 0 Å². The van der Waals surface area contributed by atoms with Crippen molar-refractivity contribution in [3.8, 4) is 0 Å². The van der Waals surface area contributed by atoms with Crippen molar-refractivity contribution in [3.63, 3.8) is 0 Å². The number of hydrogen-bond donors (Lipinski definition) is 1. The van der Waals surface area contributed by atoms with E-state index in [9.17, 15) is 8.42 Å². The quantitative estimate of drug-likeness (QED) is 0.720. The summed E-state index contributed by atoms with van der Waals surface area (Å²) in [5, 5.41) is 0. The molecule has 1 heterocycles. The van der Waals surface area contributed by atoms with Crippen LogP contribution in [0.2, 0.25) is 0 Å². The molecule has 0 spiro atoms. The largest absolute Gasteiger partial charge is 0.219 e. The van der Waals surface area contributed by atoms with Crippen LogP contribution < -0.4 is 0 Å². The van der Waals surface area contributed by atoms with Crippen LogP contribution in [0.15, 0.2) is 34.1 Å². The molecule has 13 heavy (non-hydrogen) atoms. The SMILES string of the molecule is O=S1(=O)C(CS)=Cc2ccccc21. The summed E-state index contributed by atoms with van der Waals surface area (Å²) in [6.45, 7) is 0. The highest BCUT2D eigenvalue weighted by molar-refractivity contribution is 7.97. The lowest BCUT2D eigenvalue weighted by Gasteiger charge is -1.98. The molecule has 0 N–H and O–H groups in total. The molecule has 2 rings (SSSR count). The molecule has 0 bridgehead atoms. The van der Waals surface area contributed by atoms with Crippen LogP contribution in [0.5, 0.6) is 0 Å². The van der Waals surface area contributed by atoms with Crippen LogP contribution in [0, 0.1) is 0 Å². The van der Waals surface area contributed by atoms with Crippen molar-refractivity contribution in [1.82, 2.24) is 0 Å². The second-order valence-electron chi connectivity index (χ2n) is 2.81. The van der Waals surface area contributed by atoms with Crippen molar-refractivity contribution >= 4 is 28.5 Å². The molecular weight excluding hydrogens is 204 g/mol. The number of thiol groups is 1. The molecule has 0 radical (unpaired) electrons. The Bertz CT molecular complexity index is 472. The number of rotatable bonds is 1. The van der Waals surface area contributed by atoms with Crippen molar-refractivity contribution in [2.75, 3.05) is 5.75 Å². The zero-order chi connectivity index (χ0) is 9.47. The van der Waals surface area contributed by atoms with Crippen LogP contribution in [0.4, 0.5) is 0 Å². The van der Waals surface area contributed by atoms with E-state index in [0.29, 0.717) is 9.80 Å². The molecule has 1 aliphatic rings. The Morgan fingerprint density at radius 1 is 1.23 bits per heavy atom. The smallest absolute Gasteiger partial charge is 0.204 e. The van der Waals surface area contributed by atoms with Crippen LogP contribution in [0.1, 0.15) is 5.56 Å². The predicted molar refractivity (Wildman–Crippen MR) is 55.5 cm³/mol. The van der Waals surface area contributed by atoms with Crippen molar-refractivity contribution in [1.29, 1.82) is 0 Å². The summed E-state index contributed by atoms with van der Waals surface area (Å²) in [5.74, 6) is 0.261. The molecule has 0 aromatic heterocycles. The Morgan fingerprint density at radius 2 is 1.92 bits per heavy atom. The topological polar surface area (TPSA) is 34.1 Å². The third-order valence-electron chi connectivity index (χ3n) is 2.03. The standard InChI is InChI=1S/C9H8O2S2/c10-13(11)8(6-12)5-7-3-1-2-4-9(7)13/h1-5,12H,6H2. The second kappa shape index (κ2) is 2.89. The summed E-state index contributed by atoms with van der Waals surface area (Å²) in [6, 6.07) is 6.97. The highest BCUT2D eigenvalue weighted by Crippen LogP contribution is 2.32. The average Bonchev–Trinajstić information content (AvgIpc) is 2.39. The molecule has 0 saturated heterocycles. The van der Waals surface area contributed by atoms with E-state index in [-0.39, 0.29) is 5.75 Å². The van der Waals surface area contributed by atoms with Gasteiger partial charge in [0.1, 0.15) is 0 Å². The Morgan fingerprint density at radius 3 is 2.54 bits per heavy atom. The van der Waals surface area contributed by atoms with Gasteiger partial charge in [0.05, 0.1) is 9.80 Å². The van der Waals surface area contributed by atoms with E-state index < -0.39 is 9.84 Å². The molecule has 0 amide bonds. The lowest BCUT2D eigenvalue weighted by molar-refractivity contribution is 0.603. The lowest BCUT2D eigenvalue weighted by Crippen LogP contribution is -2.01. The molecule has 2 nitrogen and oxygen atoms in total. The molecule has 0 aliphatic carbocycles. The molecule has 0 fully saturated rings. The van der Waals surface area contributed by atoms with Gasteiger partial charge in [-0.05, 0) is 17.7 Å². The maximum Gasteiger partial charge on any atom is 0.204 e. The predicted octanol–water partition coefficient (Wildman–Crippen LogP) is 1.74. The fourth-order valence-electron chi connectivity index (χ4n) is 1.37. The van der Waals surface area contributed by atoms with Gasteiger partial charge >= 0.3 is 0 Å². The summed E-state index contributed by atoms with van der Waals surface area (Å²) in [4.78, 5) is 0.788. The summed E-state index contributed by atoms with van der Waals surface area (Å²) < 4.78 is 23.4. The Balaban J connectivity index is 2.72. The third kappa shape index (κ3) is 1.21. The first kappa shape index (κ1) is 8.84. The van der Waals surface area contributed by atoms with Gasteiger partial charge in [-0.1, -0.05) is 18.2 Å². The summed E-state index contributed by atoms with van der Waals surface area (Å²) >= 11 is 3.99. The normalized spacial score (nSPS) is 18.1. The van der Waals surface area contributed by atoms with E-state index in [4.69, 9.17) is 0 Å². The average molecular weight is 212 g/mol. The van der Waals surface area contributed by atoms with E-state index in [0.717, 1.165) is 5.56 Å². The van der Waals surface area contributed by atoms with Gasteiger partial charge in [-0.25, -0.2) is 8.42 Å². The zero-order valence-electron chi connectivity index (χ0n) is 6.77. The monoisotopic (exact) mass is 212 g/mol. The fraction of sp³-hybridized carbons (Fsp3) is 0.111. The molecule has 0 unspecified atom stereocenters. The lowest BCUT2D eigenvalue weighted by atomic mass is 10.2. The number of hydrogen-bond acceptors (Lipinski definition) is 3. The molecular formula is C9H8O2S2. The number of benzene rings is 1.